The predicted octanol–water partition coefficient (Wildman–Crippen LogP) is 4.18. The van der Waals surface area contributed by atoms with Gasteiger partial charge in [0.15, 0.2) is 0 Å². The Morgan fingerprint density at radius 3 is 2.45 bits per heavy atom. The zero-order valence-corrected chi connectivity index (χ0v) is 13.0. The van der Waals surface area contributed by atoms with E-state index in [0.717, 1.165) is 23.1 Å². The van der Waals surface area contributed by atoms with Crippen LogP contribution in [0.4, 0.5) is 0 Å². The summed E-state index contributed by atoms with van der Waals surface area (Å²) >= 11 is 0. The molecule has 0 spiro atoms. The van der Waals surface area contributed by atoms with Gasteiger partial charge in [0.05, 0.1) is 13.2 Å². The van der Waals surface area contributed by atoms with Crippen molar-refractivity contribution in [2.75, 3.05) is 7.11 Å². The van der Waals surface area contributed by atoms with Gasteiger partial charge in [-0.3, -0.25) is 4.99 Å². The zero-order chi connectivity index (χ0) is 14.3. The van der Waals surface area contributed by atoms with Gasteiger partial charge in [-0.1, -0.05) is 20.8 Å². The lowest BCUT2D eigenvalue weighted by Crippen LogP contribution is -2.56. The maximum absolute atomic E-state index is 5.18. The van der Waals surface area contributed by atoms with Crippen LogP contribution >= 0.6 is 0 Å². The summed E-state index contributed by atoms with van der Waals surface area (Å²) in [5, 5.41) is 0. The quantitative estimate of drug-likeness (QED) is 0.756. The summed E-state index contributed by atoms with van der Waals surface area (Å²) in [6.07, 6.45) is 4.72. The van der Waals surface area contributed by atoms with E-state index < -0.39 is 0 Å². The molecule has 3 saturated carbocycles. The van der Waals surface area contributed by atoms with Crippen molar-refractivity contribution < 1.29 is 4.74 Å². The maximum atomic E-state index is 5.18. The molecule has 1 aromatic carbocycles. The van der Waals surface area contributed by atoms with E-state index in [1.165, 1.54) is 12.8 Å². The molecule has 3 aliphatic rings. The first-order valence-electron chi connectivity index (χ1n) is 7.69. The molecule has 0 radical (unpaired) electrons. The highest BCUT2D eigenvalue weighted by molar-refractivity contribution is 5.79. The molecule has 3 aliphatic carbocycles. The topological polar surface area (TPSA) is 21.6 Å². The summed E-state index contributed by atoms with van der Waals surface area (Å²) in [5.74, 6) is 3.35. The van der Waals surface area contributed by atoms with Crippen LogP contribution in [0.2, 0.25) is 0 Å². The molecule has 0 heterocycles. The van der Waals surface area contributed by atoms with Gasteiger partial charge in [-0.2, -0.15) is 0 Å². The third kappa shape index (κ3) is 2.15. The first kappa shape index (κ1) is 13.7. The molecule has 20 heavy (non-hydrogen) atoms. The minimum Gasteiger partial charge on any atom is -0.497 e. The number of aliphatic imine (C=N–C) groups is 1. The van der Waals surface area contributed by atoms with Gasteiger partial charge in [0.25, 0.3) is 0 Å². The molecule has 0 aliphatic heterocycles. The normalized spacial score (nSPS) is 34.8. The van der Waals surface area contributed by atoms with E-state index >= 15 is 0 Å². The van der Waals surface area contributed by atoms with Gasteiger partial charge in [-0.15, -0.1) is 0 Å². The number of benzene rings is 1. The van der Waals surface area contributed by atoms with E-state index in [0.29, 0.717) is 17.4 Å². The van der Waals surface area contributed by atoms with Crippen molar-refractivity contribution in [3.63, 3.8) is 0 Å². The smallest absolute Gasteiger partial charge is 0.118 e. The largest absolute Gasteiger partial charge is 0.497 e. The first-order valence-corrected chi connectivity index (χ1v) is 7.69. The number of ether oxygens (including phenoxy) is 1. The lowest BCUT2D eigenvalue weighted by Gasteiger charge is -2.61. The van der Waals surface area contributed by atoms with Crippen LogP contribution in [0, 0.1) is 23.2 Å². The van der Waals surface area contributed by atoms with E-state index in [1.807, 2.05) is 18.3 Å². The Morgan fingerprint density at radius 1 is 1.20 bits per heavy atom. The highest BCUT2D eigenvalue weighted by atomic mass is 16.5. The molecular weight excluding hydrogens is 246 g/mol. The zero-order valence-electron chi connectivity index (χ0n) is 13.0. The summed E-state index contributed by atoms with van der Waals surface area (Å²) in [6.45, 7) is 7.26. The van der Waals surface area contributed by atoms with Crippen molar-refractivity contribution in [2.45, 2.75) is 39.7 Å². The third-order valence-corrected chi connectivity index (χ3v) is 5.84. The highest BCUT2D eigenvalue weighted by Gasteiger charge is 2.56. The Bertz CT molecular complexity index is 503. The summed E-state index contributed by atoms with van der Waals surface area (Å²) in [4.78, 5) is 4.87. The van der Waals surface area contributed by atoms with E-state index in [4.69, 9.17) is 9.73 Å². The average Bonchev–Trinajstić information content (AvgIpc) is 2.46. The lowest BCUT2D eigenvalue weighted by molar-refractivity contribution is -0.108. The molecular formula is C18H25NO. The van der Waals surface area contributed by atoms with Gasteiger partial charge in [0.2, 0.25) is 0 Å². The van der Waals surface area contributed by atoms with Crippen LogP contribution in [0.1, 0.15) is 39.2 Å². The minimum absolute atomic E-state index is 0.508. The molecule has 2 heteroatoms. The molecule has 4 atom stereocenters. The molecule has 4 rings (SSSR count). The summed E-state index contributed by atoms with van der Waals surface area (Å²) in [6, 6.07) is 8.63. The molecule has 108 valence electrons. The molecule has 2 nitrogen and oxygen atoms in total. The van der Waals surface area contributed by atoms with E-state index in [1.54, 1.807) is 7.11 Å². The van der Waals surface area contributed by atoms with E-state index in [-0.39, 0.29) is 0 Å². The molecule has 1 aromatic rings. The van der Waals surface area contributed by atoms with Gasteiger partial charge in [0.1, 0.15) is 5.75 Å². The predicted molar refractivity (Wildman–Crippen MR) is 83.5 cm³/mol. The van der Waals surface area contributed by atoms with Gasteiger partial charge < -0.3 is 4.74 Å². The second-order valence-electron chi connectivity index (χ2n) is 7.07. The van der Waals surface area contributed by atoms with Crippen LogP contribution in [-0.4, -0.2) is 19.4 Å². The van der Waals surface area contributed by atoms with Crippen molar-refractivity contribution in [3.8, 4) is 5.75 Å². The van der Waals surface area contributed by atoms with Crippen molar-refractivity contribution in [1.82, 2.24) is 0 Å². The fourth-order valence-corrected chi connectivity index (χ4v) is 4.19. The van der Waals surface area contributed by atoms with Crippen molar-refractivity contribution in [2.24, 2.45) is 28.2 Å². The van der Waals surface area contributed by atoms with Crippen LogP contribution in [-0.2, 0) is 0 Å². The Kier molecular flexibility index (Phi) is 3.35. The van der Waals surface area contributed by atoms with Crippen molar-refractivity contribution >= 4 is 6.21 Å². The third-order valence-electron chi connectivity index (χ3n) is 5.84. The highest BCUT2D eigenvalue weighted by Crippen LogP contribution is 2.61. The molecule has 0 aromatic heterocycles. The molecule has 3 fully saturated rings. The second-order valence-corrected chi connectivity index (χ2v) is 7.07. The number of hydrogen-bond donors (Lipinski definition) is 0. The second kappa shape index (κ2) is 4.91. The molecule has 0 N–H and O–H groups in total. The van der Waals surface area contributed by atoms with Crippen LogP contribution < -0.4 is 4.74 Å². The van der Waals surface area contributed by atoms with Gasteiger partial charge in [0, 0.05) is 6.21 Å². The lowest BCUT2D eigenvalue weighted by atomic mass is 9.45. The molecule has 0 amide bonds. The molecule has 2 bridgehead atoms. The maximum Gasteiger partial charge on any atom is 0.118 e. The number of nitrogens with zero attached hydrogens (tertiary/aromatic N) is 1. The van der Waals surface area contributed by atoms with Gasteiger partial charge in [-0.25, -0.2) is 0 Å². The summed E-state index contributed by atoms with van der Waals surface area (Å²) in [5.41, 5.74) is 1.71. The van der Waals surface area contributed by atoms with Crippen molar-refractivity contribution in [3.05, 3.63) is 29.8 Å². The van der Waals surface area contributed by atoms with E-state index in [9.17, 15) is 0 Å². The Morgan fingerprint density at radius 2 is 1.90 bits per heavy atom. The SMILES string of the molecule is COc1ccc(/C=N/[C@@H]2C[C@@H]3C[C@H]([C@H]2C)C3(C)C)cc1. The molecule has 0 saturated heterocycles. The molecule has 0 unspecified atom stereocenters. The Labute approximate surface area is 122 Å². The Hall–Kier alpha value is -1.31. The number of fused-ring (bicyclic) bond motifs is 2. The monoisotopic (exact) mass is 271 g/mol. The Balaban J connectivity index is 1.68. The van der Waals surface area contributed by atoms with Gasteiger partial charge >= 0.3 is 0 Å². The van der Waals surface area contributed by atoms with Gasteiger partial charge in [-0.05, 0) is 65.8 Å². The fraction of sp³-hybridized carbons (Fsp3) is 0.611. The van der Waals surface area contributed by atoms with Crippen LogP contribution in [0.5, 0.6) is 5.75 Å². The van der Waals surface area contributed by atoms with Crippen molar-refractivity contribution in [1.29, 1.82) is 0 Å². The number of methoxy groups -OCH3 is 1. The van der Waals surface area contributed by atoms with Crippen LogP contribution in [0.15, 0.2) is 29.3 Å². The number of rotatable bonds is 3. The fourth-order valence-electron chi connectivity index (χ4n) is 4.19. The van der Waals surface area contributed by atoms with E-state index in [2.05, 4.69) is 32.9 Å². The standard InChI is InChI=1S/C18H25NO/c1-12-16-9-14(18(16,2)3)10-17(12)19-11-13-5-7-15(20-4)8-6-13/h5-8,11-12,14,16-17H,9-10H2,1-4H3/b19-11+/t12-,14+,16-,17-/m1/s1. The first-order chi connectivity index (χ1) is 9.52. The number of hydrogen-bond acceptors (Lipinski definition) is 2. The average molecular weight is 271 g/mol. The summed E-state index contributed by atoms with van der Waals surface area (Å²) < 4.78 is 5.18. The summed E-state index contributed by atoms with van der Waals surface area (Å²) in [7, 11) is 1.70. The van der Waals surface area contributed by atoms with Crippen LogP contribution in [0.3, 0.4) is 0 Å². The minimum atomic E-state index is 0.508. The van der Waals surface area contributed by atoms with Crippen LogP contribution in [0.25, 0.3) is 0 Å².